The molecule has 3 heterocycles. The van der Waals surface area contributed by atoms with Gasteiger partial charge in [-0.15, -0.1) is 10.2 Å². The van der Waals surface area contributed by atoms with Crippen molar-refractivity contribution in [3.8, 4) is 5.69 Å². The third-order valence-corrected chi connectivity index (χ3v) is 8.07. The summed E-state index contributed by atoms with van der Waals surface area (Å²) in [6.45, 7) is 6.35. The number of ether oxygens (including phenoxy) is 1. The van der Waals surface area contributed by atoms with Crippen molar-refractivity contribution < 1.29 is 14.1 Å². The maximum atomic E-state index is 13.0. The summed E-state index contributed by atoms with van der Waals surface area (Å²) in [4.78, 5) is 14.7. The predicted octanol–water partition coefficient (Wildman–Crippen LogP) is 6.48. The Hall–Kier alpha value is -2.87. The zero-order valence-corrected chi connectivity index (χ0v) is 22.6. The fourth-order valence-electron chi connectivity index (χ4n) is 6.10. The van der Waals surface area contributed by atoms with Crippen LogP contribution in [0.5, 0.6) is 0 Å². The minimum atomic E-state index is -0.583. The van der Waals surface area contributed by atoms with Crippen molar-refractivity contribution in [1.29, 1.82) is 0 Å². The first kappa shape index (κ1) is 24.5. The summed E-state index contributed by atoms with van der Waals surface area (Å²) in [7, 11) is 0. The highest BCUT2D eigenvalue weighted by Crippen LogP contribution is 2.43. The first-order valence-corrected chi connectivity index (χ1v) is 13.8. The number of hydrogen-bond acceptors (Lipinski definition) is 6. The Morgan fingerprint density at radius 1 is 1.05 bits per heavy atom. The standard InChI is InChI=1S/C28H34ClN5O3/c1-28(2,3)36-27(35)33-15-19-14-20(29)12-13-23(19)34-24(16-33)30-31-26(34)18-10-8-17(9-11-18)25-21-6-4-5-7-22(21)32-37-25/h12-14,17-18H,4-11,15-16H2,1-3H3/t17-,18-. The summed E-state index contributed by atoms with van der Waals surface area (Å²) < 4.78 is 13.7. The largest absolute Gasteiger partial charge is 0.444 e. The molecule has 0 bridgehead atoms. The van der Waals surface area contributed by atoms with E-state index in [4.69, 9.17) is 20.9 Å². The molecule has 0 saturated heterocycles. The van der Waals surface area contributed by atoms with Crippen LogP contribution in [-0.4, -0.2) is 36.5 Å². The van der Waals surface area contributed by atoms with Gasteiger partial charge in [0, 0.05) is 22.4 Å². The van der Waals surface area contributed by atoms with E-state index in [9.17, 15) is 4.79 Å². The smallest absolute Gasteiger partial charge is 0.411 e. The Morgan fingerprint density at radius 3 is 2.59 bits per heavy atom. The predicted molar refractivity (Wildman–Crippen MR) is 139 cm³/mol. The van der Waals surface area contributed by atoms with Gasteiger partial charge in [-0.2, -0.15) is 0 Å². The lowest BCUT2D eigenvalue weighted by Crippen LogP contribution is -2.35. The summed E-state index contributed by atoms with van der Waals surface area (Å²) in [5.74, 6) is 3.54. The van der Waals surface area contributed by atoms with Gasteiger partial charge in [0.1, 0.15) is 17.2 Å². The molecule has 2 aromatic heterocycles. The molecule has 0 unspecified atom stereocenters. The highest BCUT2D eigenvalue weighted by molar-refractivity contribution is 6.30. The van der Waals surface area contributed by atoms with Crippen LogP contribution in [0.2, 0.25) is 5.02 Å². The van der Waals surface area contributed by atoms with E-state index in [0.717, 1.165) is 67.2 Å². The van der Waals surface area contributed by atoms with Gasteiger partial charge in [-0.25, -0.2) is 4.79 Å². The fraction of sp³-hybridized carbons (Fsp3) is 0.571. The molecule has 3 aliphatic rings. The highest BCUT2D eigenvalue weighted by atomic mass is 35.5. The lowest BCUT2D eigenvalue weighted by molar-refractivity contribution is 0.0214. The Balaban J connectivity index is 1.27. The zero-order valence-electron chi connectivity index (χ0n) is 21.8. The van der Waals surface area contributed by atoms with Gasteiger partial charge in [0.05, 0.1) is 24.5 Å². The molecule has 1 aromatic carbocycles. The van der Waals surface area contributed by atoms with Crippen LogP contribution in [0, 0.1) is 0 Å². The molecule has 3 aromatic rings. The van der Waals surface area contributed by atoms with Crippen LogP contribution in [0.4, 0.5) is 4.79 Å². The zero-order chi connectivity index (χ0) is 25.7. The number of fused-ring (bicyclic) bond motifs is 4. The Bertz CT molecular complexity index is 1320. The Morgan fingerprint density at radius 2 is 1.81 bits per heavy atom. The minimum Gasteiger partial charge on any atom is -0.444 e. The van der Waals surface area contributed by atoms with Crippen LogP contribution in [-0.2, 0) is 30.7 Å². The molecular formula is C28H34ClN5O3. The molecule has 0 spiro atoms. The highest BCUT2D eigenvalue weighted by Gasteiger charge is 2.35. The second-order valence-electron chi connectivity index (χ2n) is 11.6. The molecule has 1 saturated carbocycles. The molecule has 0 atom stereocenters. The number of benzene rings is 1. The average Bonchev–Trinajstić information content (AvgIpc) is 3.43. The van der Waals surface area contributed by atoms with Gasteiger partial charge in [0.25, 0.3) is 0 Å². The molecule has 37 heavy (non-hydrogen) atoms. The van der Waals surface area contributed by atoms with Crippen molar-refractivity contribution in [2.45, 2.75) is 103 Å². The van der Waals surface area contributed by atoms with Crippen molar-refractivity contribution in [3.63, 3.8) is 0 Å². The molecule has 8 nitrogen and oxygen atoms in total. The van der Waals surface area contributed by atoms with E-state index in [1.165, 1.54) is 24.1 Å². The number of amides is 1. The summed E-state index contributed by atoms with van der Waals surface area (Å²) >= 11 is 6.38. The SMILES string of the molecule is CC(C)(C)OC(=O)N1Cc2cc(Cl)ccc2-n2c(nnc2[C@H]2CC[C@H](c3onc4c3CCCC4)CC2)C1. The molecule has 0 radical (unpaired) electrons. The van der Waals surface area contributed by atoms with Gasteiger partial charge in [-0.3, -0.25) is 9.47 Å². The average molecular weight is 524 g/mol. The number of carbonyl (C=O) groups excluding carboxylic acids is 1. The van der Waals surface area contributed by atoms with E-state index in [0.29, 0.717) is 24.0 Å². The quantitative estimate of drug-likeness (QED) is 0.382. The topological polar surface area (TPSA) is 86.3 Å². The number of rotatable bonds is 2. The van der Waals surface area contributed by atoms with Crippen molar-refractivity contribution in [3.05, 3.63) is 57.5 Å². The van der Waals surface area contributed by atoms with Gasteiger partial charge in [-0.1, -0.05) is 16.8 Å². The maximum Gasteiger partial charge on any atom is 0.411 e. The molecule has 6 rings (SSSR count). The Labute approximate surface area is 222 Å². The molecule has 1 aliphatic heterocycles. The number of halogens is 1. The Kier molecular flexibility index (Phi) is 6.25. The molecule has 1 amide bonds. The van der Waals surface area contributed by atoms with Crippen LogP contribution >= 0.6 is 11.6 Å². The van der Waals surface area contributed by atoms with Gasteiger partial charge >= 0.3 is 6.09 Å². The van der Waals surface area contributed by atoms with E-state index >= 15 is 0 Å². The minimum absolute atomic E-state index is 0.285. The van der Waals surface area contributed by atoms with Crippen LogP contribution < -0.4 is 0 Å². The van der Waals surface area contributed by atoms with Gasteiger partial charge < -0.3 is 9.26 Å². The monoisotopic (exact) mass is 523 g/mol. The first-order chi connectivity index (χ1) is 17.8. The number of carbonyl (C=O) groups is 1. The van der Waals surface area contributed by atoms with Gasteiger partial charge in [0.2, 0.25) is 0 Å². The van der Waals surface area contributed by atoms with E-state index in [1.807, 2.05) is 39.0 Å². The molecule has 9 heteroatoms. The van der Waals surface area contributed by atoms with E-state index < -0.39 is 5.60 Å². The van der Waals surface area contributed by atoms with E-state index in [1.54, 1.807) is 4.90 Å². The van der Waals surface area contributed by atoms with Crippen molar-refractivity contribution in [2.75, 3.05) is 0 Å². The summed E-state index contributed by atoms with van der Waals surface area (Å²) in [6, 6.07) is 5.83. The van der Waals surface area contributed by atoms with Crippen LogP contribution in [0.15, 0.2) is 22.7 Å². The van der Waals surface area contributed by atoms with Crippen LogP contribution in [0.3, 0.4) is 0 Å². The van der Waals surface area contributed by atoms with Crippen molar-refractivity contribution in [2.24, 2.45) is 0 Å². The third kappa shape index (κ3) is 4.76. The molecule has 196 valence electrons. The van der Waals surface area contributed by atoms with Crippen molar-refractivity contribution in [1.82, 2.24) is 24.8 Å². The second kappa shape index (κ2) is 9.46. The summed E-state index contributed by atoms with van der Waals surface area (Å²) in [6.07, 6.45) is 8.33. The lowest BCUT2D eigenvalue weighted by atomic mass is 9.78. The molecule has 0 N–H and O–H groups in total. The van der Waals surface area contributed by atoms with Crippen molar-refractivity contribution >= 4 is 17.7 Å². The molecular weight excluding hydrogens is 490 g/mol. The number of aryl methyl sites for hydroxylation is 1. The van der Waals surface area contributed by atoms with Gasteiger partial charge in [0.15, 0.2) is 5.82 Å². The first-order valence-electron chi connectivity index (χ1n) is 13.4. The number of hydrogen-bond donors (Lipinski definition) is 0. The normalized spacial score (nSPS) is 21.6. The summed E-state index contributed by atoms with van der Waals surface area (Å²) in [5.41, 5.74) is 3.91. The molecule has 2 aliphatic carbocycles. The second-order valence-corrected chi connectivity index (χ2v) is 12.1. The van der Waals surface area contributed by atoms with Crippen LogP contribution in [0.25, 0.3) is 5.69 Å². The lowest BCUT2D eigenvalue weighted by Gasteiger charge is -2.28. The van der Waals surface area contributed by atoms with Crippen LogP contribution in [0.1, 0.15) is 105 Å². The number of aromatic nitrogens is 4. The fourth-order valence-corrected chi connectivity index (χ4v) is 6.29. The number of nitrogens with zero attached hydrogens (tertiary/aromatic N) is 5. The van der Waals surface area contributed by atoms with Gasteiger partial charge in [-0.05, 0) is 95.9 Å². The van der Waals surface area contributed by atoms with E-state index in [-0.39, 0.29) is 12.0 Å². The maximum absolute atomic E-state index is 13.0. The molecule has 1 fully saturated rings. The third-order valence-electron chi connectivity index (χ3n) is 7.84. The summed E-state index contributed by atoms with van der Waals surface area (Å²) in [5, 5.41) is 14.3. The van der Waals surface area contributed by atoms with E-state index in [2.05, 4.69) is 19.9 Å².